The summed E-state index contributed by atoms with van der Waals surface area (Å²) >= 11 is 0. The minimum atomic E-state index is -0.495. The first-order valence-electron chi connectivity index (χ1n) is 9.03. The third-order valence-electron chi connectivity index (χ3n) is 4.73. The van der Waals surface area contributed by atoms with Gasteiger partial charge in [0.1, 0.15) is 17.7 Å². The van der Waals surface area contributed by atoms with Gasteiger partial charge in [-0.15, -0.1) is 0 Å². The van der Waals surface area contributed by atoms with Crippen LogP contribution in [-0.2, 0) is 6.54 Å². The van der Waals surface area contributed by atoms with E-state index in [4.69, 9.17) is 4.74 Å². The topological polar surface area (TPSA) is 54.4 Å². The van der Waals surface area contributed by atoms with Crippen LogP contribution in [-0.4, -0.2) is 22.7 Å². The van der Waals surface area contributed by atoms with Gasteiger partial charge in [-0.05, 0) is 35.4 Å². The highest BCUT2D eigenvalue weighted by Crippen LogP contribution is 2.34. The summed E-state index contributed by atoms with van der Waals surface area (Å²) < 4.78 is 19.1. The zero-order valence-corrected chi connectivity index (χ0v) is 14.8. The zero-order valence-electron chi connectivity index (χ0n) is 14.8. The van der Waals surface area contributed by atoms with Crippen molar-refractivity contribution in [3.63, 3.8) is 0 Å². The number of hydrogen-bond donors (Lipinski definition) is 2. The molecule has 1 aliphatic rings. The molecular formula is C22H21FN2O2. The SMILES string of the molecule is O[C@@H]1C[C@H](CNCc2cncc(-c3ccc(F)cc3)c2)Oc2ccccc21. The Bertz CT molecular complexity index is 914. The van der Waals surface area contributed by atoms with Gasteiger partial charge in [-0.25, -0.2) is 4.39 Å². The highest BCUT2D eigenvalue weighted by atomic mass is 19.1. The number of pyridine rings is 1. The van der Waals surface area contributed by atoms with Crippen molar-refractivity contribution in [2.24, 2.45) is 0 Å². The van der Waals surface area contributed by atoms with Crippen LogP contribution < -0.4 is 10.1 Å². The smallest absolute Gasteiger partial charge is 0.125 e. The molecule has 5 heteroatoms. The van der Waals surface area contributed by atoms with Crippen molar-refractivity contribution in [2.75, 3.05) is 6.54 Å². The maximum atomic E-state index is 13.1. The second-order valence-corrected chi connectivity index (χ2v) is 6.75. The number of aliphatic hydroxyl groups excluding tert-OH is 1. The molecule has 4 rings (SSSR count). The summed E-state index contributed by atoms with van der Waals surface area (Å²) in [7, 11) is 0. The predicted octanol–water partition coefficient (Wildman–Crippen LogP) is 3.86. The van der Waals surface area contributed by atoms with Crippen molar-refractivity contribution in [3.05, 3.63) is 83.9 Å². The predicted molar refractivity (Wildman–Crippen MR) is 102 cm³/mol. The number of hydrogen-bond acceptors (Lipinski definition) is 4. The molecule has 138 valence electrons. The van der Waals surface area contributed by atoms with E-state index < -0.39 is 6.10 Å². The number of benzene rings is 2. The first-order valence-corrected chi connectivity index (χ1v) is 9.03. The Balaban J connectivity index is 1.36. The summed E-state index contributed by atoms with van der Waals surface area (Å²) in [6.45, 7) is 1.27. The van der Waals surface area contributed by atoms with Gasteiger partial charge in [-0.2, -0.15) is 0 Å². The molecule has 0 aliphatic carbocycles. The lowest BCUT2D eigenvalue weighted by atomic mass is 9.99. The minimum absolute atomic E-state index is 0.0804. The fraction of sp³-hybridized carbons (Fsp3) is 0.227. The van der Waals surface area contributed by atoms with Gasteiger partial charge in [0.05, 0.1) is 6.10 Å². The van der Waals surface area contributed by atoms with E-state index in [1.54, 1.807) is 18.3 Å². The van der Waals surface area contributed by atoms with Crippen LogP contribution >= 0.6 is 0 Å². The van der Waals surface area contributed by atoms with Crippen molar-refractivity contribution in [1.29, 1.82) is 0 Å². The maximum absolute atomic E-state index is 13.1. The van der Waals surface area contributed by atoms with Crippen molar-refractivity contribution in [3.8, 4) is 16.9 Å². The molecule has 2 aromatic carbocycles. The first kappa shape index (κ1) is 17.6. The van der Waals surface area contributed by atoms with Gasteiger partial charge < -0.3 is 15.2 Å². The number of rotatable bonds is 5. The Kier molecular flexibility index (Phi) is 5.14. The lowest BCUT2D eigenvalue weighted by molar-refractivity contribution is 0.0657. The van der Waals surface area contributed by atoms with Crippen LogP contribution in [0.5, 0.6) is 5.75 Å². The van der Waals surface area contributed by atoms with E-state index in [0.29, 0.717) is 19.5 Å². The van der Waals surface area contributed by atoms with Gasteiger partial charge in [0.2, 0.25) is 0 Å². The maximum Gasteiger partial charge on any atom is 0.125 e. The molecule has 0 unspecified atom stereocenters. The Labute approximate surface area is 157 Å². The number of aromatic nitrogens is 1. The summed E-state index contributed by atoms with van der Waals surface area (Å²) in [5, 5.41) is 13.7. The normalized spacial score (nSPS) is 18.6. The fourth-order valence-electron chi connectivity index (χ4n) is 3.35. The molecule has 4 nitrogen and oxygen atoms in total. The van der Waals surface area contributed by atoms with Gasteiger partial charge in [0.15, 0.2) is 0 Å². The van der Waals surface area contributed by atoms with Crippen LogP contribution in [0.4, 0.5) is 4.39 Å². The number of aliphatic hydroxyl groups is 1. The van der Waals surface area contributed by atoms with Gasteiger partial charge in [-0.1, -0.05) is 30.3 Å². The molecule has 0 amide bonds. The molecule has 0 bridgehead atoms. The second kappa shape index (κ2) is 7.86. The van der Waals surface area contributed by atoms with Crippen molar-refractivity contribution in [2.45, 2.75) is 25.2 Å². The van der Waals surface area contributed by atoms with E-state index in [-0.39, 0.29) is 11.9 Å². The third-order valence-corrected chi connectivity index (χ3v) is 4.73. The number of halogens is 1. The molecule has 1 aromatic heterocycles. The number of fused-ring (bicyclic) bond motifs is 1. The van der Waals surface area contributed by atoms with E-state index in [9.17, 15) is 9.50 Å². The lowest BCUT2D eigenvalue weighted by Crippen LogP contribution is -2.35. The molecule has 1 aliphatic heterocycles. The average Bonchev–Trinajstić information content (AvgIpc) is 2.69. The van der Waals surface area contributed by atoms with Crippen LogP contribution in [0.2, 0.25) is 0 Å². The molecule has 0 radical (unpaired) electrons. The van der Waals surface area contributed by atoms with Gasteiger partial charge in [0, 0.05) is 43.0 Å². The summed E-state index contributed by atoms with van der Waals surface area (Å²) in [5.74, 6) is 0.504. The summed E-state index contributed by atoms with van der Waals surface area (Å²) in [4.78, 5) is 4.29. The van der Waals surface area contributed by atoms with E-state index in [1.807, 2.05) is 36.5 Å². The van der Waals surface area contributed by atoms with Crippen LogP contribution in [0.1, 0.15) is 23.7 Å². The zero-order chi connectivity index (χ0) is 18.6. The van der Waals surface area contributed by atoms with Crippen LogP contribution in [0.3, 0.4) is 0 Å². The van der Waals surface area contributed by atoms with Gasteiger partial charge >= 0.3 is 0 Å². The fourth-order valence-corrected chi connectivity index (χ4v) is 3.35. The van der Waals surface area contributed by atoms with Crippen LogP contribution in [0, 0.1) is 5.82 Å². The largest absolute Gasteiger partial charge is 0.489 e. The van der Waals surface area contributed by atoms with E-state index in [1.165, 1.54) is 12.1 Å². The van der Waals surface area contributed by atoms with Gasteiger partial charge in [-0.3, -0.25) is 4.98 Å². The summed E-state index contributed by atoms with van der Waals surface area (Å²) in [5.41, 5.74) is 3.77. The first-order chi connectivity index (χ1) is 13.2. The van der Waals surface area contributed by atoms with Crippen molar-refractivity contribution < 1.29 is 14.2 Å². The number of ether oxygens (including phenoxy) is 1. The molecular weight excluding hydrogens is 343 g/mol. The highest BCUT2D eigenvalue weighted by molar-refractivity contribution is 5.62. The number of nitrogens with one attached hydrogen (secondary N) is 1. The minimum Gasteiger partial charge on any atom is -0.489 e. The molecule has 27 heavy (non-hydrogen) atoms. The molecule has 2 N–H and O–H groups in total. The molecule has 0 saturated heterocycles. The molecule has 3 aromatic rings. The third kappa shape index (κ3) is 4.15. The van der Waals surface area contributed by atoms with E-state index in [2.05, 4.69) is 10.3 Å². The number of nitrogens with zero attached hydrogens (tertiary/aromatic N) is 1. The Morgan fingerprint density at radius 1 is 1.07 bits per heavy atom. The van der Waals surface area contributed by atoms with Gasteiger partial charge in [0.25, 0.3) is 0 Å². The van der Waals surface area contributed by atoms with Crippen molar-refractivity contribution in [1.82, 2.24) is 10.3 Å². The highest BCUT2D eigenvalue weighted by Gasteiger charge is 2.26. The molecule has 0 fully saturated rings. The summed E-state index contributed by atoms with van der Waals surface area (Å²) in [6.07, 6.45) is 3.58. The standard InChI is InChI=1S/C22H21FN2O2/c23-18-7-5-16(6-8-18)17-9-15(11-24-13-17)12-25-14-19-10-21(26)20-3-1-2-4-22(20)27-19/h1-9,11,13,19,21,25-26H,10,12,14H2/t19-,21-/m1/s1. The summed E-state index contributed by atoms with van der Waals surface area (Å²) in [6, 6.07) is 16.0. The molecule has 2 heterocycles. The van der Waals surface area contributed by atoms with Crippen LogP contribution in [0.25, 0.3) is 11.1 Å². The number of para-hydroxylation sites is 1. The molecule has 2 atom stereocenters. The molecule has 0 saturated carbocycles. The van der Waals surface area contributed by atoms with E-state index in [0.717, 1.165) is 28.0 Å². The van der Waals surface area contributed by atoms with Crippen molar-refractivity contribution >= 4 is 0 Å². The quantitative estimate of drug-likeness (QED) is 0.722. The molecule has 0 spiro atoms. The monoisotopic (exact) mass is 364 g/mol. The Hall–Kier alpha value is -2.76. The second-order valence-electron chi connectivity index (χ2n) is 6.75. The Morgan fingerprint density at radius 2 is 1.89 bits per heavy atom. The van der Waals surface area contributed by atoms with E-state index >= 15 is 0 Å². The lowest BCUT2D eigenvalue weighted by Gasteiger charge is -2.29. The Morgan fingerprint density at radius 3 is 2.74 bits per heavy atom. The average molecular weight is 364 g/mol. The van der Waals surface area contributed by atoms with Crippen LogP contribution in [0.15, 0.2) is 67.0 Å².